The number of phosphoric acid groups is 1. The predicted octanol–water partition coefficient (Wildman–Crippen LogP) is 11.7. The van der Waals surface area contributed by atoms with E-state index in [0.717, 1.165) is 44.9 Å². The third kappa shape index (κ3) is 39.2. The van der Waals surface area contributed by atoms with Crippen molar-refractivity contribution < 1.29 is 37.6 Å². The van der Waals surface area contributed by atoms with Crippen molar-refractivity contribution in [1.29, 1.82) is 0 Å². The first-order chi connectivity index (χ1) is 25.8. The standard InChI is InChI=1S/C43H76NO8P/c1-3-5-7-9-11-13-15-17-18-19-20-21-22-24-25-27-29-31-33-35-42(45)49-39-41(40-51-53(47,48)50-38-37-44)52-43(46)36-34-32-30-28-26-23-16-14-12-10-8-6-4-2/h11,13,17-18,20-21,24-25,29,31,41H,3-10,12,14-16,19,22-23,26-28,30,32-40,44H2,1-2H3,(H,47,48)/t41-/m1/s1. The Morgan fingerprint density at radius 3 is 1.53 bits per heavy atom. The Morgan fingerprint density at radius 1 is 0.566 bits per heavy atom. The Balaban J connectivity index is 4.30. The van der Waals surface area contributed by atoms with Crippen molar-refractivity contribution in [2.24, 2.45) is 5.73 Å². The molecule has 0 aliphatic rings. The van der Waals surface area contributed by atoms with E-state index in [-0.39, 0.29) is 32.6 Å². The Hall–Kier alpha value is -2.29. The second-order valence-corrected chi connectivity index (χ2v) is 15.0. The van der Waals surface area contributed by atoms with E-state index in [4.69, 9.17) is 24.3 Å². The number of carbonyl (C=O) groups is 2. The normalized spacial score (nSPS) is 14.0. The fraction of sp³-hybridized carbons (Fsp3) is 0.721. The van der Waals surface area contributed by atoms with Gasteiger partial charge < -0.3 is 20.1 Å². The number of ether oxygens (including phenoxy) is 2. The van der Waals surface area contributed by atoms with E-state index in [1.807, 2.05) is 12.2 Å². The Morgan fingerprint density at radius 2 is 1.02 bits per heavy atom. The van der Waals surface area contributed by atoms with Crippen molar-refractivity contribution >= 4 is 19.8 Å². The fourth-order valence-corrected chi connectivity index (χ4v) is 6.09. The summed E-state index contributed by atoms with van der Waals surface area (Å²) in [4.78, 5) is 34.7. The molecule has 0 bridgehead atoms. The van der Waals surface area contributed by atoms with E-state index in [1.165, 1.54) is 83.5 Å². The molecule has 9 nitrogen and oxygen atoms in total. The molecule has 0 amide bonds. The van der Waals surface area contributed by atoms with Crippen LogP contribution in [0.15, 0.2) is 60.8 Å². The van der Waals surface area contributed by atoms with Crippen molar-refractivity contribution in [3.8, 4) is 0 Å². The van der Waals surface area contributed by atoms with Gasteiger partial charge in [0.25, 0.3) is 0 Å². The molecule has 0 aromatic rings. The number of unbranched alkanes of at least 4 members (excludes halogenated alkanes) is 15. The average molecular weight is 766 g/mol. The SMILES string of the molecule is CCCCCC=CCC=CCC=CCC=CCC=CCCC(=O)OC[C@H](COP(=O)(O)OCCN)OC(=O)CCCCCCCCCCCCCCC. The summed E-state index contributed by atoms with van der Waals surface area (Å²) in [6.45, 7) is 3.61. The quantitative estimate of drug-likeness (QED) is 0.0272. The zero-order valence-electron chi connectivity index (χ0n) is 33.5. The molecule has 53 heavy (non-hydrogen) atoms. The first kappa shape index (κ1) is 50.7. The van der Waals surface area contributed by atoms with Crippen molar-refractivity contribution in [2.45, 2.75) is 174 Å². The molecule has 0 heterocycles. The van der Waals surface area contributed by atoms with Gasteiger partial charge in [-0.15, -0.1) is 0 Å². The lowest BCUT2D eigenvalue weighted by Crippen LogP contribution is -2.29. The molecule has 3 N–H and O–H groups in total. The van der Waals surface area contributed by atoms with Crippen LogP contribution in [0.5, 0.6) is 0 Å². The van der Waals surface area contributed by atoms with Crippen LogP contribution in [0.1, 0.15) is 168 Å². The van der Waals surface area contributed by atoms with E-state index >= 15 is 0 Å². The van der Waals surface area contributed by atoms with Crippen LogP contribution in [-0.2, 0) is 32.7 Å². The maximum Gasteiger partial charge on any atom is 0.472 e. The molecule has 0 aliphatic carbocycles. The number of esters is 2. The molecule has 0 aliphatic heterocycles. The summed E-state index contributed by atoms with van der Waals surface area (Å²) in [5, 5.41) is 0. The molecule has 1 unspecified atom stereocenters. The molecule has 0 saturated heterocycles. The molecule has 0 spiro atoms. The maximum absolute atomic E-state index is 12.5. The zero-order chi connectivity index (χ0) is 38.9. The Bertz CT molecular complexity index is 1050. The molecular weight excluding hydrogens is 689 g/mol. The number of rotatable bonds is 38. The van der Waals surface area contributed by atoms with Crippen molar-refractivity contribution in [3.63, 3.8) is 0 Å². The first-order valence-electron chi connectivity index (χ1n) is 20.8. The van der Waals surface area contributed by atoms with Gasteiger partial charge in [0.15, 0.2) is 6.10 Å². The minimum atomic E-state index is -4.39. The topological polar surface area (TPSA) is 134 Å². The molecule has 0 radical (unpaired) electrons. The van der Waals surface area contributed by atoms with Gasteiger partial charge in [0.2, 0.25) is 0 Å². The summed E-state index contributed by atoms with van der Waals surface area (Å²) in [6, 6.07) is 0. The Kier molecular flexibility index (Phi) is 37.7. The molecule has 0 fully saturated rings. The minimum Gasteiger partial charge on any atom is -0.462 e. The minimum absolute atomic E-state index is 0.0427. The maximum atomic E-state index is 12.5. The van der Waals surface area contributed by atoms with Crippen LogP contribution in [0.4, 0.5) is 0 Å². The second kappa shape index (κ2) is 39.4. The van der Waals surface area contributed by atoms with Gasteiger partial charge in [-0.2, -0.15) is 0 Å². The number of nitrogens with two attached hydrogens (primary N) is 1. The lowest BCUT2D eigenvalue weighted by atomic mass is 10.0. The van der Waals surface area contributed by atoms with Crippen LogP contribution in [0.25, 0.3) is 0 Å². The highest BCUT2D eigenvalue weighted by Gasteiger charge is 2.25. The van der Waals surface area contributed by atoms with Gasteiger partial charge in [0.05, 0.1) is 13.2 Å². The van der Waals surface area contributed by atoms with Crippen LogP contribution in [-0.4, -0.2) is 49.3 Å². The lowest BCUT2D eigenvalue weighted by molar-refractivity contribution is -0.161. The van der Waals surface area contributed by atoms with Crippen LogP contribution < -0.4 is 5.73 Å². The van der Waals surface area contributed by atoms with Gasteiger partial charge >= 0.3 is 19.8 Å². The summed E-state index contributed by atoms with van der Waals surface area (Å²) in [6.07, 6.45) is 45.5. The lowest BCUT2D eigenvalue weighted by Gasteiger charge is -2.19. The molecule has 306 valence electrons. The monoisotopic (exact) mass is 766 g/mol. The highest BCUT2D eigenvalue weighted by molar-refractivity contribution is 7.47. The molecule has 0 rings (SSSR count). The van der Waals surface area contributed by atoms with E-state index in [1.54, 1.807) is 0 Å². The number of allylic oxidation sites excluding steroid dienone is 10. The van der Waals surface area contributed by atoms with Gasteiger partial charge in [0, 0.05) is 19.4 Å². The van der Waals surface area contributed by atoms with Crippen LogP contribution in [0.2, 0.25) is 0 Å². The second-order valence-electron chi connectivity index (χ2n) is 13.5. The smallest absolute Gasteiger partial charge is 0.462 e. The highest BCUT2D eigenvalue weighted by Crippen LogP contribution is 2.43. The van der Waals surface area contributed by atoms with Gasteiger partial charge in [-0.3, -0.25) is 18.6 Å². The average Bonchev–Trinajstić information content (AvgIpc) is 3.14. The number of carbonyl (C=O) groups excluding carboxylic acids is 2. The van der Waals surface area contributed by atoms with E-state index < -0.39 is 32.5 Å². The van der Waals surface area contributed by atoms with E-state index in [0.29, 0.717) is 12.8 Å². The van der Waals surface area contributed by atoms with Crippen LogP contribution >= 0.6 is 7.82 Å². The van der Waals surface area contributed by atoms with Crippen molar-refractivity contribution in [2.75, 3.05) is 26.4 Å². The molecular formula is C43H76NO8P. The van der Waals surface area contributed by atoms with Gasteiger partial charge in [0.1, 0.15) is 6.61 Å². The van der Waals surface area contributed by atoms with Gasteiger partial charge in [-0.1, -0.05) is 164 Å². The summed E-state index contributed by atoms with van der Waals surface area (Å²) in [5.41, 5.74) is 5.33. The molecule has 0 saturated carbocycles. The van der Waals surface area contributed by atoms with Crippen LogP contribution in [0.3, 0.4) is 0 Å². The summed E-state index contributed by atoms with van der Waals surface area (Å²) < 4.78 is 32.6. The fourth-order valence-electron chi connectivity index (χ4n) is 5.32. The zero-order valence-corrected chi connectivity index (χ0v) is 34.4. The molecule has 2 atom stereocenters. The number of hydrogen-bond acceptors (Lipinski definition) is 8. The number of hydrogen-bond donors (Lipinski definition) is 2. The highest BCUT2D eigenvalue weighted by atomic mass is 31.2. The summed E-state index contributed by atoms with van der Waals surface area (Å²) >= 11 is 0. The third-order valence-electron chi connectivity index (χ3n) is 8.42. The van der Waals surface area contributed by atoms with Crippen molar-refractivity contribution in [1.82, 2.24) is 0 Å². The summed E-state index contributed by atoms with van der Waals surface area (Å²) in [5.74, 6) is -0.926. The van der Waals surface area contributed by atoms with E-state index in [9.17, 15) is 19.0 Å². The molecule has 0 aromatic carbocycles. The van der Waals surface area contributed by atoms with Gasteiger partial charge in [-0.05, 0) is 51.4 Å². The molecule has 10 heteroatoms. The first-order valence-corrected chi connectivity index (χ1v) is 22.3. The Labute approximate surface area is 323 Å². The number of phosphoric ester groups is 1. The summed E-state index contributed by atoms with van der Waals surface area (Å²) in [7, 11) is -4.39. The van der Waals surface area contributed by atoms with Crippen molar-refractivity contribution in [3.05, 3.63) is 60.8 Å². The van der Waals surface area contributed by atoms with Gasteiger partial charge in [-0.25, -0.2) is 4.57 Å². The largest absolute Gasteiger partial charge is 0.472 e. The predicted molar refractivity (Wildman–Crippen MR) is 219 cm³/mol. The molecule has 0 aromatic heterocycles. The van der Waals surface area contributed by atoms with Crippen LogP contribution in [0, 0.1) is 0 Å². The third-order valence-corrected chi connectivity index (χ3v) is 9.40. The van der Waals surface area contributed by atoms with E-state index in [2.05, 4.69) is 62.5 Å².